The molecule has 0 unspecified atom stereocenters. The zero-order valence-corrected chi connectivity index (χ0v) is 16.5. The fourth-order valence-corrected chi connectivity index (χ4v) is 3.25. The largest absolute Gasteiger partial charge is 0.348 e. The molecule has 2 aromatic carbocycles. The molecule has 0 atom stereocenters. The van der Waals surface area contributed by atoms with Gasteiger partial charge in [-0.3, -0.25) is 9.48 Å². The lowest BCUT2D eigenvalue weighted by molar-refractivity contribution is 0.0951. The van der Waals surface area contributed by atoms with E-state index in [4.69, 9.17) is 0 Å². The number of hydrogen-bond acceptors (Lipinski definition) is 3. The molecule has 0 fully saturated rings. The molecule has 0 bridgehead atoms. The van der Waals surface area contributed by atoms with Crippen molar-refractivity contribution in [1.82, 2.24) is 24.6 Å². The lowest BCUT2D eigenvalue weighted by Crippen LogP contribution is -2.22. The number of aromatic nitrogens is 4. The summed E-state index contributed by atoms with van der Waals surface area (Å²) in [5, 5.41) is 7.46. The highest BCUT2D eigenvalue weighted by molar-refractivity contribution is 5.94. The molecule has 0 aliphatic rings. The Bertz CT molecular complexity index is 1090. The van der Waals surface area contributed by atoms with E-state index in [2.05, 4.69) is 21.5 Å². The molecular formula is C23H23N5O. The van der Waals surface area contributed by atoms with Crippen LogP contribution in [0.2, 0.25) is 0 Å². The van der Waals surface area contributed by atoms with E-state index in [1.807, 2.05) is 77.8 Å². The number of carbonyl (C=O) groups excluding carboxylic acids is 1. The first-order valence-corrected chi connectivity index (χ1v) is 9.54. The summed E-state index contributed by atoms with van der Waals surface area (Å²) in [6, 6.07) is 17.8. The van der Waals surface area contributed by atoms with E-state index in [1.54, 1.807) is 12.5 Å². The van der Waals surface area contributed by atoms with Crippen molar-refractivity contribution < 1.29 is 4.79 Å². The maximum Gasteiger partial charge on any atom is 0.251 e. The van der Waals surface area contributed by atoms with Crippen molar-refractivity contribution in [1.29, 1.82) is 0 Å². The molecule has 0 saturated carbocycles. The Hall–Kier alpha value is -3.67. The molecule has 6 heteroatoms. The van der Waals surface area contributed by atoms with Crippen molar-refractivity contribution in [2.24, 2.45) is 0 Å². The van der Waals surface area contributed by atoms with Gasteiger partial charge in [0.2, 0.25) is 0 Å². The predicted octanol–water partition coefficient (Wildman–Crippen LogP) is 3.66. The van der Waals surface area contributed by atoms with Gasteiger partial charge in [-0.15, -0.1) is 0 Å². The van der Waals surface area contributed by atoms with Crippen LogP contribution < -0.4 is 5.32 Å². The first-order valence-electron chi connectivity index (χ1n) is 9.54. The van der Waals surface area contributed by atoms with Gasteiger partial charge in [-0.1, -0.05) is 24.3 Å². The van der Waals surface area contributed by atoms with Crippen LogP contribution >= 0.6 is 0 Å². The molecule has 0 spiro atoms. The molecule has 0 radical (unpaired) electrons. The first kappa shape index (κ1) is 18.7. The Morgan fingerprint density at radius 2 is 1.72 bits per heavy atom. The van der Waals surface area contributed by atoms with E-state index in [0.717, 1.165) is 28.2 Å². The fourth-order valence-electron chi connectivity index (χ4n) is 3.25. The quantitative estimate of drug-likeness (QED) is 0.551. The smallest absolute Gasteiger partial charge is 0.251 e. The van der Waals surface area contributed by atoms with Crippen LogP contribution in [0.1, 0.15) is 32.9 Å². The predicted molar refractivity (Wildman–Crippen MR) is 112 cm³/mol. The Morgan fingerprint density at radius 1 is 1.00 bits per heavy atom. The zero-order valence-electron chi connectivity index (χ0n) is 16.5. The standard InChI is InChI=1S/C23H23N5O/c1-17-13-18(2)28(26-17)15-20-3-7-21(8-4-20)23(29)25-14-19-5-9-22(10-6-19)27-12-11-24-16-27/h3-13,16H,14-15H2,1-2H3,(H,25,29). The number of amides is 1. The van der Waals surface area contributed by atoms with E-state index in [1.165, 1.54) is 0 Å². The summed E-state index contributed by atoms with van der Waals surface area (Å²) in [5.74, 6) is -0.0821. The van der Waals surface area contributed by atoms with Crippen molar-refractivity contribution in [2.45, 2.75) is 26.9 Å². The van der Waals surface area contributed by atoms with Crippen LogP contribution in [0.4, 0.5) is 0 Å². The number of hydrogen-bond donors (Lipinski definition) is 1. The minimum Gasteiger partial charge on any atom is -0.348 e. The third-order valence-corrected chi connectivity index (χ3v) is 4.84. The van der Waals surface area contributed by atoms with Gasteiger partial charge in [-0.25, -0.2) is 4.98 Å². The normalized spacial score (nSPS) is 10.8. The lowest BCUT2D eigenvalue weighted by Gasteiger charge is -2.08. The van der Waals surface area contributed by atoms with Gasteiger partial charge in [-0.05, 0) is 55.3 Å². The van der Waals surface area contributed by atoms with E-state index in [-0.39, 0.29) is 5.91 Å². The second kappa shape index (κ2) is 8.14. The minimum atomic E-state index is -0.0821. The van der Waals surface area contributed by atoms with Crippen molar-refractivity contribution >= 4 is 5.91 Å². The van der Waals surface area contributed by atoms with Crippen molar-refractivity contribution in [3.8, 4) is 5.69 Å². The van der Waals surface area contributed by atoms with E-state index in [9.17, 15) is 4.79 Å². The monoisotopic (exact) mass is 385 g/mol. The summed E-state index contributed by atoms with van der Waals surface area (Å²) in [4.78, 5) is 16.5. The summed E-state index contributed by atoms with van der Waals surface area (Å²) in [7, 11) is 0. The van der Waals surface area contributed by atoms with Crippen molar-refractivity contribution in [3.63, 3.8) is 0 Å². The van der Waals surface area contributed by atoms with E-state index in [0.29, 0.717) is 18.7 Å². The van der Waals surface area contributed by atoms with Gasteiger partial charge in [0.05, 0.1) is 18.6 Å². The van der Waals surface area contributed by atoms with Crippen LogP contribution in [0.15, 0.2) is 73.3 Å². The van der Waals surface area contributed by atoms with Gasteiger partial charge in [0.1, 0.15) is 0 Å². The van der Waals surface area contributed by atoms with Gasteiger partial charge >= 0.3 is 0 Å². The SMILES string of the molecule is Cc1cc(C)n(Cc2ccc(C(=O)NCc3ccc(-n4ccnc4)cc3)cc2)n1. The molecule has 2 heterocycles. The molecule has 29 heavy (non-hydrogen) atoms. The molecule has 6 nitrogen and oxygen atoms in total. The van der Waals surface area contributed by atoms with Gasteiger partial charge in [0.15, 0.2) is 0 Å². The lowest BCUT2D eigenvalue weighted by atomic mass is 10.1. The molecule has 4 rings (SSSR count). The Labute approximate surface area is 169 Å². The number of nitrogens with one attached hydrogen (secondary N) is 1. The third kappa shape index (κ3) is 4.43. The van der Waals surface area contributed by atoms with Crippen molar-refractivity contribution in [3.05, 3.63) is 101 Å². The van der Waals surface area contributed by atoms with Crippen LogP contribution in [-0.4, -0.2) is 25.2 Å². The van der Waals surface area contributed by atoms with Crippen molar-refractivity contribution in [2.75, 3.05) is 0 Å². The molecule has 0 aliphatic carbocycles. The highest BCUT2D eigenvalue weighted by Gasteiger charge is 2.07. The topological polar surface area (TPSA) is 64.7 Å². The summed E-state index contributed by atoms with van der Waals surface area (Å²) < 4.78 is 3.91. The fraction of sp³-hybridized carbons (Fsp3) is 0.174. The van der Waals surface area contributed by atoms with Crippen LogP contribution in [0, 0.1) is 13.8 Å². The van der Waals surface area contributed by atoms with E-state index < -0.39 is 0 Å². The Morgan fingerprint density at radius 3 is 2.34 bits per heavy atom. The van der Waals surface area contributed by atoms with Crippen LogP contribution in [0.25, 0.3) is 5.69 Å². The van der Waals surface area contributed by atoms with Crippen LogP contribution in [0.5, 0.6) is 0 Å². The number of rotatable bonds is 6. The van der Waals surface area contributed by atoms with Gasteiger partial charge in [0.25, 0.3) is 5.91 Å². The highest BCUT2D eigenvalue weighted by atomic mass is 16.1. The second-order valence-corrected chi connectivity index (χ2v) is 7.10. The maximum atomic E-state index is 12.5. The number of benzene rings is 2. The number of carbonyl (C=O) groups is 1. The molecule has 1 N–H and O–H groups in total. The van der Waals surface area contributed by atoms with Crippen LogP contribution in [-0.2, 0) is 13.1 Å². The van der Waals surface area contributed by atoms with Gasteiger partial charge < -0.3 is 9.88 Å². The second-order valence-electron chi connectivity index (χ2n) is 7.10. The number of imidazole rings is 1. The number of aryl methyl sites for hydroxylation is 2. The molecular weight excluding hydrogens is 362 g/mol. The van der Waals surface area contributed by atoms with E-state index >= 15 is 0 Å². The molecule has 2 aromatic heterocycles. The zero-order chi connectivity index (χ0) is 20.2. The van der Waals surface area contributed by atoms with Crippen LogP contribution in [0.3, 0.4) is 0 Å². The molecule has 146 valence electrons. The highest BCUT2D eigenvalue weighted by Crippen LogP contribution is 2.11. The third-order valence-electron chi connectivity index (χ3n) is 4.84. The first-order chi connectivity index (χ1) is 14.1. The summed E-state index contributed by atoms with van der Waals surface area (Å²) in [5.41, 5.74) is 5.99. The Balaban J connectivity index is 1.34. The maximum absolute atomic E-state index is 12.5. The van der Waals surface area contributed by atoms with Gasteiger partial charge in [0, 0.05) is 35.9 Å². The molecule has 4 aromatic rings. The molecule has 0 aliphatic heterocycles. The number of nitrogens with zero attached hydrogens (tertiary/aromatic N) is 4. The Kier molecular flexibility index (Phi) is 5.24. The summed E-state index contributed by atoms with van der Waals surface area (Å²) >= 11 is 0. The average molecular weight is 385 g/mol. The summed E-state index contributed by atoms with van der Waals surface area (Å²) in [6.07, 6.45) is 5.40. The minimum absolute atomic E-state index is 0.0821. The van der Waals surface area contributed by atoms with Gasteiger partial charge in [-0.2, -0.15) is 5.10 Å². The summed E-state index contributed by atoms with van der Waals surface area (Å²) in [6.45, 7) is 5.22. The average Bonchev–Trinajstić information content (AvgIpc) is 3.37. The molecule has 0 saturated heterocycles. The molecule has 1 amide bonds.